The fraction of sp³-hybridized carbons (Fsp3) is 0.481. The SMILES string of the molecule is CNc1nc(N[C@@H]2[C@@H]3CC[C@H]2CN(c2cnnc(OC)c2)C3)nc2c1C(C)(C)CN2c1cccc(F)c1F. The Morgan fingerprint density at radius 2 is 1.87 bits per heavy atom. The number of halogens is 2. The maximum atomic E-state index is 14.9. The number of hydrogen-bond donors (Lipinski definition) is 2. The Morgan fingerprint density at radius 3 is 2.58 bits per heavy atom. The molecule has 2 aromatic heterocycles. The minimum atomic E-state index is -0.875. The normalized spacial score (nSPS) is 23.4. The van der Waals surface area contributed by atoms with E-state index in [2.05, 4.69) is 39.6 Å². The summed E-state index contributed by atoms with van der Waals surface area (Å²) in [4.78, 5) is 13.9. The van der Waals surface area contributed by atoms with Crippen LogP contribution < -0.4 is 25.2 Å². The van der Waals surface area contributed by atoms with Crippen molar-refractivity contribution in [3.8, 4) is 5.88 Å². The molecule has 3 atom stereocenters. The van der Waals surface area contributed by atoms with Crippen LogP contribution >= 0.6 is 0 Å². The third kappa shape index (κ3) is 4.04. The molecular weight excluding hydrogens is 490 g/mol. The summed E-state index contributed by atoms with van der Waals surface area (Å²) >= 11 is 0. The number of nitrogens with zero attached hydrogens (tertiary/aromatic N) is 6. The molecule has 0 amide bonds. The van der Waals surface area contributed by atoms with Gasteiger partial charge in [0.05, 0.1) is 24.7 Å². The summed E-state index contributed by atoms with van der Waals surface area (Å²) in [6, 6.07) is 6.38. The number of rotatable bonds is 6. The van der Waals surface area contributed by atoms with Crippen molar-refractivity contribution in [1.29, 1.82) is 0 Å². The summed E-state index contributed by atoms with van der Waals surface area (Å²) in [5.41, 5.74) is 1.72. The van der Waals surface area contributed by atoms with Crippen molar-refractivity contribution in [3.05, 3.63) is 47.7 Å². The van der Waals surface area contributed by atoms with E-state index in [4.69, 9.17) is 14.7 Å². The summed E-state index contributed by atoms with van der Waals surface area (Å²) in [7, 11) is 3.42. The number of methoxy groups -OCH3 is 1. The van der Waals surface area contributed by atoms with Gasteiger partial charge in [-0.2, -0.15) is 15.1 Å². The molecule has 4 heterocycles. The molecule has 11 heteroatoms. The zero-order valence-electron chi connectivity index (χ0n) is 22.0. The van der Waals surface area contributed by atoms with Crippen molar-refractivity contribution in [3.63, 3.8) is 0 Å². The zero-order chi connectivity index (χ0) is 26.6. The highest BCUT2D eigenvalue weighted by molar-refractivity contribution is 5.76. The van der Waals surface area contributed by atoms with Gasteiger partial charge in [0.2, 0.25) is 11.8 Å². The number of ether oxygens (including phenoxy) is 1. The van der Waals surface area contributed by atoms with Crippen LogP contribution in [0.25, 0.3) is 0 Å². The number of benzene rings is 1. The van der Waals surface area contributed by atoms with E-state index < -0.39 is 11.6 Å². The third-order valence-electron chi connectivity index (χ3n) is 8.16. The van der Waals surface area contributed by atoms with Gasteiger partial charge in [-0.1, -0.05) is 19.9 Å². The maximum Gasteiger partial charge on any atom is 0.235 e. The van der Waals surface area contributed by atoms with Gasteiger partial charge in [-0.05, 0) is 36.8 Å². The Balaban J connectivity index is 1.30. The highest BCUT2D eigenvalue weighted by Gasteiger charge is 2.44. The molecule has 1 aromatic carbocycles. The Kier molecular flexibility index (Phi) is 5.96. The Labute approximate surface area is 220 Å². The first-order valence-electron chi connectivity index (χ1n) is 13.0. The third-order valence-corrected chi connectivity index (χ3v) is 8.16. The van der Waals surface area contributed by atoms with Gasteiger partial charge in [0.15, 0.2) is 11.6 Å². The van der Waals surface area contributed by atoms with Gasteiger partial charge in [0.25, 0.3) is 0 Å². The molecule has 6 rings (SSSR count). The summed E-state index contributed by atoms with van der Waals surface area (Å²) < 4.78 is 34.3. The lowest BCUT2D eigenvalue weighted by Gasteiger charge is -2.39. The minimum absolute atomic E-state index is 0.179. The molecule has 200 valence electrons. The van der Waals surface area contributed by atoms with Gasteiger partial charge >= 0.3 is 0 Å². The van der Waals surface area contributed by atoms with E-state index >= 15 is 0 Å². The minimum Gasteiger partial charge on any atom is -0.480 e. The topological polar surface area (TPSA) is 91.3 Å². The molecule has 2 bridgehead atoms. The number of nitrogens with one attached hydrogen (secondary N) is 2. The first kappa shape index (κ1) is 24.6. The lowest BCUT2D eigenvalue weighted by Crippen LogP contribution is -2.48. The fourth-order valence-electron chi connectivity index (χ4n) is 6.39. The quantitative estimate of drug-likeness (QED) is 0.490. The highest BCUT2D eigenvalue weighted by Crippen LogP contribution is 2.48. The van der Waals surface area contributed by atoms with Crippen LogP contribution in [0.2, 0.25) is 0 Å². The van der Waals surface area contributed by atoms with Crippen LogP contribution in [-0.4, -0.2) is 60.0 Å². The van der Waals surface area contributed by atoms with Crippen LogP contribution in [0.15, 0.2) is 30.5 Å². The maximum absolute atomic E-state index is 14.9. The number of fused-ring (bicyclic) bond motifs is 3. The molecule has 3 aromatic rings. The average molecular weight is 523 g/mol. The molecule has 1 aliphatic carbocycles. The van der Waals surface area contributed by atoms with Gasteiger partial charge in [-0.15, -0.1) is 5.10 Å². The van der Waals surface area contributed by atoms with Crippen molar-refractivity contribution in [2.75, 3.05) is 54.2 Å². The second-order valence-electron chi connectivity index (χ2n) is 11.0. The van der Waals surface area contributed by atoms with Crippen LogP contribution in [0.5, 0.6) is 5.88 Å². The van der Waals surface area contributed by atoms with E-state index in [0.717, 1.165) is 43.2 Å². The van der Waals surface area contributed by atoms with E-state index in [1.54, 1.807) is 24.3 Å². The molecule has 1 saturated carbocycles. The first-order chi connectivity index (χ1) is 18.3. The number of anilines is 5. The van der Waals surface area contributed by atoms with E-state index in [-0.39, 0.29) is 17.1 Å². The molecule has 2 fully saturated rings. The van der Waals surface area contributed by atoms with Crippen LogP contribution in [-0.2, 0) is 5.41 Å². The molecule has 0 spiro atoms. The first-order valence-corrected chi connectivity index (χ1v) is 13.0. The molecule has 0 unspecified atom stereocenters. The Bertz CT molecular complexity index is 1350. The molecule has 9 nitrogen and oxygen atoms in total. The fourth-order valence-corrected chi connectivity index (χ4v) is 6.39. The largest absolute Gasteiger partial charge is 0.480 e. The molecule has 1 saturated heterocycles. The lowest BCUT2D eigenvalue weighted by molar-refractivity contribution is 0.373. The van der Waals surface area contributed by atoms with Crippen LogP contribution in [0, 0.1) is 23.5 Å². The van der Waals surface area contributed by atoms with Crippen molar-refractivity contribution >= 4 is 29.0 Å². The molecule has 2 aliphatic heterocycles. The predicted molar refractivity (Wildman–Crippen MR) is 142 cm³/mol. The van der Waals surface area contributed by atoms with E-state index in [0.29, 0.717) is 41.8 Å². The number of aromatic nitrogens is 4. The monoisotopic (exact) mass is 522 g/mol. The summed E-state index contributed by atoms with van der Waals surface area (Å²) in [5, 5.41) is 14.9. The molecule has 2 N–H and O–H groups in total. The van der Waals surface area contributed by atoms with Gasteiger partial charge in [-0.25, -0.2) is 8.78 Å². The van der Waals surface area contributed by atoms with Gasteiger partial charge in [0, 0.05) is 49.8 Å². The second kappa shape index (κ2) is 9.21. The summed E-state index contributed by atoms with van der Waals surface area (Å²) in [5.74, 6) is 1.34. The molecule has 38 heavy (non-hydrogen) atoms. The van der Waals surface area contributed by atoms with Gasteiger partial charge in [0.1, 0.15) is 11.6 Å². The summed E-state index contributed by atoms with van der Waals surface area (Å²) in [6.45, 7) is 6.35. The average Bonchev–Trinajstić information content (AvgIpc) is 3.30. The zero-order valence-corrected chi connectivity index (χ0v) is 22.0. The molecule has 0 radical (unpaired) electrons. The van der Waals surface area contributed by atoms with Crippen molar-refractivity contribution in [1.82, 2.24) is 20.2 Å². The predicted octanol–water partition coefficient (Wildman–Crippen LogP) is 4.35. The van der Waals surface area contributed by atoms with E-state index in [9.17, 15) is 8.78 Å². The van der Waals surface area contributed by atoms with E-state index in [1.165, 1.54) is 6.07 Å². The Morgan fingerprint density at radius 1 is 1.11 bits per heavy atom. The van der Waals surface area contributed by atoms with Gasteiger partial charge < -0.3 is 25.2 Å². The van der Waals surface area contributed by atoms with Crippen LogP contribution in [0.4, 0.5) is 37.7 Å². The number of piperidine rings is 1. The Hall–Kier alpha value is -3.76. The van der Waals surface area contributed by atoms with Crippen LogP contribution in [0.3, 0.4) is 0 Å². The van der Waals surface area contributed by atoms with Crippen molar-refractivity contribution in [2.45, 2.75) is 38.1 Å². The van der Waals surface area contributed by atoms with Crippen molar-refractivity contribution < 1.29 is 13.5 Å². The number of hydrogen-bond acceptors (Lipinski definition) is 9. The lowest BCUT2D eigenvalue weighted by atomic mass is 9.88. The molecular formula is C27H32F2N8O. The summed E-state index contributed by atoms with van der Waals surface area (Å²) in [6.07, 6.45) is 3.98. The molecule has 3 aliphatic rings. The second-order valence-corrected chi connectivity index (χ2v) is 11.0. The van der Waals surface area contributed by atoms with Crippen molar-refractivity contribution in [2.24, 2.45) is 11.8 Å². The van der Waals surface area contributed by atoms with Crippen LogP contribution in [0.1, 0.15) is 32.3 Å². The highest BCUT2D eigenvalue weighted by atomic mass is 19.2. The van der Waals surface area contributed by atoms with E-state index in [1.807, 2.05) is 13.1 Å². The standard InChI is InChI=1S/C27H32F2N8O/c1-27(2)14-37(19-7-5-6-18(28)22(19)29)25-21(27)24(30-3)33-26(34-25)32-23-15-8-9-16(23)13-36(12-15)17-10-20(38-4)35-31-11-17/h5-7,10-11,15-16,23H,8-9,12-14H2,1-4H3,(H2,30,32,33,34)/t15-,16+,23-. The smallest absolute Gasteiger partial charge is 0.235 e. The van der Waals surface area contributed by atoms with Gasteiger partial charge in [-0.3, -0.25) is 0 Å².